The maximum absolute atomic E-state index is 10.7. The standard InChI is InChI=1S/C22H23N3O4/c1-3-4-14-9-15(17(26)11-19(14)27-2)21-16(12-24-22(23)25-21)13-5-6-18-20(10-13)29-8-7-28-18/h5-6,9-12,26H,3-4,7-8H2,1-2H3,(H2,23,24,25). The molecule has 3 N–H and O–H groups in total. The van der Waals surface area contributed by atoms with Gasteiger partial charge in [-0.3, -0.25) is 0 Å². The first kappa shape index (κ1) is 18.9. The molecule has 0 bridgehead atoms. The minimum atomic E-state index is 0.0681. The number of methoxy groups -OCH3 is 1. The molecule has 1 aromatic heterocycles. The van der Waals surface area contributed by atoms with Gasteiger partial charge in [-0.05, 0) is 35.7 Å². The Hall–Kier alpha value is -3.48. The zero-order chi connectivity index (χ0) is 20.4. The second-order valence-electron chi connectivity index (χ2n) is 6.78. The fourth-order valence-corrected chi connectivity index (χ4v) is 3.48. The molecule has 3 aromatic rings. The van der Waals surface area contributed by atoms with Crippen LogP contribution in [0.15, 0.2) is 36.5 Å². The Balaban J connectivity index is 1.88. The average Bonchev–Trinajstić information content (AvgIpc) is 2.74. The lowest BCUT2D eigenvalue weighted by Crippen LogP contribution is -2.15. The number of ether oxygens (including phenoxy) is 3. The smallest absolute Gasteiger partial charge is 0.220 e. The van der Waals surface area contributed by atoms with E-state index in [-0.39, 0.29) is 11.7 Å². The van der Waals surface area contributed by atoms with Crippen LogP contribution in [0.4, 0.5) is 5.95 Å². The van der Waals surface area contributed by atoms with Gasteiger partial charge in [0.15, 0.2) is 11.5 Å². The van der Waals surface area contributed by atoms with Gasteiger partial charge in [-0.2, -0.15) is 0 Å². The second kappa shape index (κ2) is 7.87. The Kier molecular flexibility index (Phi) is 5.12. The summed E-state index contributed by atoms with van der Waals surface area (Å²) in [6.07, 6.45) is 3.42. The molecule has 0 radical (unpaired) electrons. The molecule has 0 amide bonds. The number of fused-ring (bicyclic) bond motifs is 1. The highest BCUT2D eigenvalue weighted by Gasteiger charge is 2.19. The van der Waals surface area contributed by atoms with E-state index in [9.17, 15) is 5.11 Å². The molecule has 0 spiro atoms. The van der Waals surface area contributed by atoms with Crippen molar-refractivity contribution in [2.24, 2.45) is 0 Å². The number of aromatic nitrogens is 2. The fraction of sp³-hybridized carbons (Fsp3) is 0.273. The van der Waals surface area contributed by atoms with Gasteiger partial charge in [0.1, 0.15) is 24.7 Å². The zero-order valence-corrected chi connectivity index (χ0v) is 16.4. The molecule has 0 saturated carbocycles. The summed E-state index contributed by atoms with van der Waals surface area (Å²) in [5.41, 5.74) is 9.58. The lowest BCUT2D eigenvalue weighted by molar-refractivity contribution is 0.171. The first-order valence-corrected chi connectivity index (χ1v) is 9.53. The van der Waals surface area contributed by atoms with E-state index in [1.807, 2.05) is 24.3 Å². The van der Waals surface area contributed by atoms with Gasteiger partial charge in [0.25, 0.3) is 0 Å². The number of rotatable bonds is 5. The monoisotopic (exact) mass is 393 g/mol. The van der Waals surface area contributed by atoms with E-state index in [1.165, 1.54) is 0 Å². The maximum atomic E-state index is 10.7. The number of hydrogen-bond donors (Lipinski definition) is 2. The summed E-state index contributed by atoms with van der Waals surface area (Å²) in [4.78, 5) is 8.61. The third-order valence-electron chi connectivity index (χ3n) is 4.83. The number of phenols is 1. The molecule has 29 heavy (non-hydrogen) atoms. The van der Waals surface area contributed by atoms with Crippen LogP contribution in [0.3, 0.4) is 0 Å². The highest BCUT2D eigenvalue weighted by molar-refractivity contribution is 5.85. The summed E-state index contributed by atoms with van der Waals surface area (Å²) in [6, 6.07) is 9.19. The Labute approximate surface area is 169 Å². The number of aromatic hydroxyl groups is 1. The highest BCUT2D eigenvalue weighted by atomic mass is 16.6. The molecule has 150 valence electrons. The number of nitrogens with two attached hydrogens (primary N) is 1. The SMILES string of the molecule is CCCc1cc(-c2nc(N)ncc2-c2ccc3c(c2)OCCO3)c(O)cc1OC. The normalized spacial score (nSPS) is 12.6. The molecule has 4 rings (SSSR count). The number of benzene rings is 2. The van der Waals surface area contributed by atoms with Gasteiger partial charge in [0, 0.05) is 23.4 Å². The van der Waals surface area contributed by atoms with Gasteiger partial charge < -0.3 is 25.1 Å². The summed E-state index contributed by atoms with van der Waals surface area (Å²) in [6.45, 7) is 3.12. The van der Waals surface area contributed by atoms with Crippen molar-refractivity contribution < 1.29 is 19.3 Å². The van der Waals surface area contributed by atoms with E-state index in [1.54, 1.807) is 19.4 Å². The summed E-state index contributed by atoms with van der Waals surface area (Å²) in [7, 11) is 1.59. The number of hydrogen-bond acceptors (Lipinski definition) is 7. The Bertz CT molecular complexity index is 1050. The van der Waals surface area contributed by atoms with Gasteiger partial charge in [-0.15, -0.1) is 0 Å². The average molecular weight is 393 g/mol. The molecule has 7 heteroatoms. The Morgan fingerprint density at radius 2 is 1.90 bits per heavy atom. The molecule has 0 saturated heterocycles. The molecular weight excluding hydrogens is 370 g/mol. The van der Waals surface area contributed by atoms with Crippen molar-refractivity contribution in [1.29, 1.82) is 0 Å². The van der Waals surface area contributed by atoms with E-state index >= 15 is 0 Å². The first-order valence-electron chi connectivity index (χ1n) is 9.53. The van der Waals surface area contributed by atoms with Crippen LogP contribution in [0.1, 0.15) is 18.9 Å². The van der Waals surface area contributed by atoms with Crippen LogP contribution in [0, 0.1) is 0 Å². The van der Waals surface area contributed by atoms with Crippen LogP contribution >= 0.6 is 0 Å². The van der Waals surface area contributed by atoms with Gasteiger partial charge in [0.05, 0.1) is 12.8 Å². The lowest BCUT2D eigenvalue weighted by atomic mass is 9.96. The van der Waals surface area contributed by atoms with E-state index < -0.39 is 0 Å². The first-order chi connectivity index (χ1) is 14.1. The largest absolute Gasteiger partial charge is 0.507 e. The maximum Gasteiger partial charge on any atom is 0.220 e. The van der Waals surface area contributed by atoms with Crippen molar-refractivity contribution >= 4 is 5.95 Å². The topological polar surface area (TPSA) is 99.7 Å². The summed E-state index contributed by atoms with van der Waals surface area (Å²) < 4.78 is 16.7. The van der Waals surface area contributed by atoms with Crippen molar-refractivity contribution in [2.45, 2.75) is 19.8 Å². The Morgan fingerprint density at radius 1 is 1.10 bits per heavy atom. The number of anilines is 1. The lowest BCUT2D eigenvalue weighted by Gasteiger charge is -2.19. The Morgan fingerprint density at radius 3 is 2.66 bits per heavy atom. The quantitative estimate of drug-likeness (QED) is 0.679. The molecule has 2 heterocycles. The summed E-state index contributed by atoms with van der Waals surface area (Å²) in [5, 5.41) is 10.7. The number of nitrogen functional groups attached to an aromatic ring is 1. The van der Waals surface area contributed by atoms with E-state index in [2.05, 4.69) is 16.9 Å². The molecule has 0 unspecified atom stereocenters. The number of phenolic OH excluding ortho intramolecular Hbond substituents is 1. The third-order valence-corrected chi connectivity index (χ3v) is 4.83. The molecule has 0 atom stereocenters. The summed E-state index contributed by atoms with van der Waals surface area (Å²) >= 11 is 0. The van der Waals surface area contributed by atoms with Crippen molar-refractivity contribution in [3.8, 4) is 45.4 Å². The van der Waals surface area contributed by atoms with E-state index in [0.29, 0.717) is 41.7 Å². The summed E-state index contributed by atoms with van der Waals surface area (Å²) in [5.74, 6) is 2.22. The van der Waals surface area contributed by atoms with E-state index in [0.717, 1.165) is 29.5 Å². The fourth-order valence-electron chi connectivity index (χ4n) is 3.48. The number of nitrogens with zero attached hydrogens (tertiary/aromatic N) is 2. The second-order valence-corrected chi connectivity index (χ2v) is 6.78. The van der Waals surface area contributed by atoms with Crippen LogP contribution in [0.5, 0.6) is 23.0 Å². The molecule has 0 aliphatic carbocycles. The zero-order valence-electron chi connectivity index (χ0n) is 16.4. The third kappa shape index (κ3) is 3.63. The minimum Gasteiger partial charge on any atom is -0.507 e. The van der Waals surface area contributed by atoms with Crippen molar-refractivity contribution in [1.82, 2.24) is 9.97 Å². The molecule has 0 fully saturated rings. The van der Waals surface area contributed by atoms with Gasteiger partial charge in [0.2, 0.25) is 5.95 Å². The van der Waals surface area contributed by atoms with Crippen molar-refractivity contribution in [2.75, 3.05) is 26.1 Å². The molecule has 1 aliphatic heterocycles. The molecule has 7 nitrogen and oxygen atoms in total. The molecule has 2 aromatic carbocycles. The molecular formula is C22H23N3O4. The van der Waals surface area contributed by atoms with Crippen molar-refractivity contribution in [3.63, 3.8) is 0 Å². The highest BCUT2D eigenvalue weighted by Crippen LogP contribution is 2.41. The number of aryl methyl sites for hydroxylation is 1. The van der Waals surface area contributed by atoms with Gasteiger partial charge >= 0.3 is 0 Å². The van der Waals surface area contributed by atoms with Crippen molar-refractivity contribution in [3.05, 3.63) is 42.1 Å². The molecule has 1 aliphatic rings. The van der Waals surface area contributed by atoms with Gasteiger partial charge in [-0.1, -0.05) is 19.4 Å². The van der Waals surface area contributed by atoms with Crippen LogP contribution < -0.4 is 19.9 Å². The van der Waals surface area contributed by atoms with E-state index in [4.69, 9.17) is 19.9 Å². The van der Waals surface area contributed by atoms with Crippen LogP contribution in [0.25, 0.3) is 22.4 Å². The minimum absolute atomic E-state index is 0.0681. The predicted octanol–water partition coefficient (Wildman–Crippen LogP) is 3.83. The van der Waals surface area contributed by atoms with Crippen LogP contribution in [-0.4, -0.2) is 35.4 Å². The van der Waals surface area contributed by atoms with Crippen LogP contribution in [0.2, 0.25) is 0 Å². The van der Waals surface area contributed by atoms with Crippen LogP contribution in [-0.2, 0) is 6.42 Å². The van der Waals surface area contributed by atoms with Gasteiger partial charge in [-0.25, -0.2) is 9.97 Å². The predicted molar refractivity (Wildman–Crippen MR) is 111 cm³/mol.